The van der Waals surface area contributed by atoms with E-state index in [1.807, 2.05) is 23.1 Å². The molecular formula is C19H24N4O. The molecule has 0 spiro atoms. The zero-order chi connectivity index (χ0) is 16.4. The summed E-state index contributed by atoms with van der Waals surface area (Å²) in [6, 6.07) is 10.2. The highest BCUT2D eigenvalue weighted by molar-refractivity contribution is 5.76. The molecule has 0 radical (unpaired) electrons. The SMILES string of the molecule is O=C(CCc1ccccc1)N1CCCC(c2n[nH]c(C3CC3)n2)C1. The normalized spacial score (nSPS) is 21.0. The second kappa shape index (κ2) is 6.75. The number of likely N-dealkylation sites (tertiary alicyclic amines) is 1. The van der Waals surface area contributed by atoms with Gasteiger partial charge in [0.15, 0.2) is 5.82 Å². The van der Waals surface area contributed by atoms with E-state index in [9.17, 15) is 4.79 Å². The number of nitrogens with zero attached hydrogens (tertiary/aromatic N) is 3. The Bertz CT molecular complexity index is 692. The Morgan fingerprint density at radius 1 is 1.17 bits per heavy atom. The maximum atomic E-state index is 12.5. The van der Waals surface area contributed by atoms with Gasteiger partial charge in [-0.15, -0.1) is 0 Å². The van der Waals surface area contributed by atoms with Gasteiger partial charge < -0.3 is 4.90 Å². The first kappa shape index (κ1) is 15.4. The van der Waals surface area contributed by atoms with Crippen molar-refractivity contribution < 1.29 is 4.79 Å². The monoisotopic (exact) mass is 324 g/mol. The zero-order valence-electron chi connectivity index (χ0n) is 13.9. The number of benzene rings is 1. The van der Waals surface area contributed by atoms with Crippen molar-refractivity contribution in [1.82, 2.24) is 20.1 Å². The minimum atomic E-state index is 0.251. The van der Waals surface area contributed by atoms with Gasteiger partial charge in [0.1, 0.15) is 5.82 Å². The average Bonchev–Trinajstić information content (AvgIpc) is 3.37. The number of hydrogen-bond acceptors (Lipinski definition) is 3. The Morgan fingerprint density at radius 2 is 2.00 bits per heavy atom. The zero-order valence-corrected chi connectivity index (χ0v) is 13.9. The highest BCUT2D eigenvalue weighted by atomic mass is 16.2. The maximum absolute atomic E-state index is 12.5. The van der Waals surface area contributed by atoms with Crippen LogP contribution < -0.4 is 0 Å². The van der Waals surface area contributed by atoms with E-state index in [-0.39, 0.29) is 11.8 Å². The van der Waals surface area contributed by atoms with Crippen LogP contribution in [0.2, 0.25) is 0 Å². The molecule has 126 valence electrons. The molecule has 5 heteroatoms. The van der Waals surface area contributed by atoms with E-state index in [1.54, 1.807) is 0 Å². The van der Waals surface area contributed by atoms with Gasteiger partial charge in [-0.1, -0.05) is 30.3 Å². The van der Waals surface area contributed by atoms with E-state index in [0.29, 0.717) is 12.3 Å². The number of carbonyl (C=O) groups excluding carboxylic acids is 1. The van der Waals surface area contributed by atoms with Crippen LogP contribution >= 0.6 is 0 Å². The number of hydrogen-bond donors (Lipinski definition) is 1. The van der Waals surface area contributed by atoms with E-state index in [4.69, 9.17) is 0 Å². The number of amides is 1. The Morgan fingerprint density at radius 3 is 2.79 bits per heavy atom. The summed E-state index contributed by atoms with van der Waals surface area (Å²) in [6.45, 7) is 1.62. The van der Waals surface area contributed by atoms with Gasteiger partial charge in [0, 0.05) is 31.3 Å². The molecule has 1 saturated heterocycles. The van der Waals surface area contributed by atoms with Crippen molar-refractivity contribution in [2.45, 2.75) is 50.4 Å². The molecule has 2 aliphatic rings. The first-order valence-electron chi connectivity index (χ1n) is 9.03. The van der Waals surface area contributed by atoms with Gasteiger partial charge in [0.25, 0.3) is 0 Å². The van der Waals surface area contributed by atoms with Crippen molar-refractivity contribution in [1.29, 1.82) is 0 Å². The molecule has 1 aliphatic heterocycles. The van der Waals surface area contributed by atoms with Gasteiger partial charge in [0.05, 0.1) is 0 Å². The number of aromatic amines is 1. The number of nitrogens with one attached hydrogen (secondary N) is 1. The van der Waals surface area contributed by atoms with Crippen molar-refractivity contribution in [3.63, 3.8) is 0 Å². The maximum Gasteiger partial charge on any atom is 0.222 e. The van der Waals surface area contributed by atoms with Crippen molar-refractivity contribution in [3.05, 3.63) is 47.5 Å². The second-order valence-electron chi connectivity index (χ2n) is 7.02. The van der Waals surface area contributed by atoms with Crippen molar-refractivity contribution in [2.75, 3.05) is 13.1 Å². The van der Waals surface area contributed by atoms with Crippen LogP contribution in [0.25, 0.3) is 0 Å². The first-order valence-corrected chi connectivity index (χ1v) is 9.03. The smallest absolute Gasteiger partial charge is 0.222 e. The lowest BCUT2D eigenvalue weighted by Crippen LogP contribution is -2.39. The molecule has 4 rings (SSSR count). The fraction of sp³-hybridized carbons (Fsp3) is 0.526. The van der Waals surface area contributed by atoms with Crippen molar-refractivity contribution in [2.24, 2.45) is 0 Å². The van der Waals surface area contributed by atoms with Gasteiger partial charge in [-0.2, -0.15) is 5.10 Å². The third-order valence-electron chi connectivity index (χ3n) is 5.09. The Balaban J connectivity index is 1.34. The van der Waals surface area contributed by atoms with E-state index in [2.05, 4.69) is 27.3 Å². The molecule has 5 nitrogen and oxygen atoms in total. The average molecular weight is 324 g/mol. The van der Waals surface area contributed by atoms with Crippen LogP contribution in [0.5, 0.6) is 0 Å². The van der Waals surface area contributed by atoms with Gasteiger partial charge in [-0.25, -0.2) is 4.98 Å². The standard InChI is InChI=1S/C19H24N4O/c24-17(11-8-14-5-2-1-3-6-14)23-12-4-7-16(13-23)19-20-18(21-22-19)15-9-10-15/h1-3,5-6,15-16H,4,7-13H2,(H,20,21,22). The van der Waals surface area contributed by atoms with Crippen LogP contribution in [0.1, 0.15) is 61.2 Å². The topological polar surface area (TPSA) is 61.9 Å². The molecule has 1 atom stereocenters. The van der Waals surface area contributed by atoms with E-state index < -0.39 is 0 Å². The summed E-state index contributed by atoms with van der Waals surface area (Å²) < 4.78 is 0. The predicted molar refractivity (Wildman–Crippen MR) is 91.7 cm³/mol. The number of aromatic nitrogens is 3. The molecule has 1 aromatic carbocycles. The summed E-state index contributed by atoms with van der Waals surface area (Å²) in [4.78, 5) is 19.2. The molecule has 1 N–H and O–H groups in total. The van der Waals surface area contributed by atoms with E-state index in [1.165, 1.54) is 18.4 Å². The van der Waals surface area contributed by atoms with Crippen LogP contribution in [-0.4, -0.2) is 39.1 Å². The fourth-order valence-electron chi connectivity index (χ4n) is 3.48. The van der Waals surface area contributed by atoms with Gasteiger partial charge in [-0.05, 0) is 37.7 Å². The minimum absolute atomic E-state index is 0.251. The number of aryl methyl sites for hydroxylation is 1. The van der Waals surface area contributed by atoms with Crippen molar-refractivity contribution >= 4 is 5.91 Å². The molecule has 1 amide bonds. The van der Waals surface area contributed by atoms with Crippen LogP contribution in [0.3, 0.4) is 0 Å². The third kappa shape index (κ3) is 3.50. The lowest BCUT2D eigenvalue weighted by atomic mass is 9.97. The Hall–Kier alpha value is -2.17. The largest absolute Gasteiger partial charge is 0.342 e. The number of carbonyl (C=O) groups is 1. The summed E-state index contributed by atoms with van der Waals surface area (Å²) in [5.41, 5.74) is 1.22. The fourth-order valence-corrected chi connectivity index (χ4v) is 3.48. The summed E-state index contributed by atoms with van der Waals surface area (Å²) in [5.74, 6) is 3.07. The minimum Gasteiger partial charge on any atom is -0.342 e. The lowest BCUT2D eigenvalue weighted by Gasteiger charge is -2.31. The van der Waals surface area contributed by atoms with Gasteiger partial charge >= 0.3 is 0 Å². The first-order chi connectivity index (χ1) is 11.8. The van der Waals surface area contributed by atoms with Crippen molar-refractivity contribution in [3.8, 4) is 0 Å². The molecule has 0 bridgehead atoms. The highest BCUT2D eigenvalue weighted by Crippen LogP contribution is 2.38. The molecule has 2 aromatic rings. The Kier molecular flexibility index (Phi) is 4.32. The summed E-state index contributed by atoms with van der Waals surface area (Å²) in [7, 11) is 0. The van der Waals surface area contributed by atoms with Crippen LogP contribution in [0.15, 0.2) is 30.3 Å². The second-order valence-corrected chi connectivity index (χ2v) is 7.02. The van der Waals surface area contributed by atoms with E-state index >= 15 is 0 Å². The molecule has 1 unspecified atom stereocenters. The molecule has 2 fully saturated rings. The third-order valence-corrected chi connectivity index (χ3v) is 5.09. The summed E-state index contributed by atoms with van der Waals surface area (Å²) >= 11 is 0. The number of H-pyrrole nitrogens is 1. The summed E-state index contributed by atoms with van der Waals surface area (Å²) in [5, 5.41) is 7.51. The van der Waals surface area contributed by atoms with Gasteiger partial charge in [0.2, 0.25) is 5.91 Å². The number of rotatable bonds is 5. The van der Waals surface area contributed by atoms with Crippen LogP contribution in [0, 0.1) is 0 Å². The molecular weight excluding hydrogens is 300 g/mol. The Labute approximate surface area is 142 Å². The highest BCUT2D eigenvalue weighted by Gasteiger charge is 2.31. The summed E-state index contributed by atoms with van der Waals surface area (Å²) in [6.07, 6.45) is 5.96. The number of piperidine rings is 1. The molecule has 2 heterocycles. The molecule has 1 aromatic heterocycles. The van der Waals surface area contributed by atoms with E-state index in [0.717, 1.165) is 44.0 Å². The quantitative estimate of drug-likeness (QED) is 0.919. The molecule has 24 heavy (non-hydrogen) atoms. The predicted octanol–water partition coefficient (Wildman–Crippen LogP) is 3.02. The van der Waals surface area contributed by atoms with Crippen LogP contribution in [-0.2, 0) is 11.2 Å². The molecule has 1 aliphatic carbocycles. The molecule has 1 saturated carbocycles. The van der Waals surface area contributed by atoms with Crippen LogP contribution in [0.4, 0.5) is 0 Å². The lowest BCUT2D eigenvalue weighted by molar-refractivity contribution is -0.132. The van der Waals surface area contributed by atoms with Gasteiger partial charge in [-0.3, -0.25) is 9.89 Å².